The number of amides is 2. The van der Waals surface area contributed by atoms with Crippen molar-refractivity contribution in [3.8, 4) is 0 Å². The molecule has 1 heterocycles. The molecule has 0 aliphatic heterocycles. The fraction of sp³-hybridized carbons (Fsp3) is 0.250. The number of carbonyl (C=O) groups excluding carboxylic acids is 1. The number of alkyl carbamates (subject to hydrolysis) is 1. The molecule has 8 heteroatoms. The monoisotopic (exact) mass is 226 g/mol. The molecule has 0 radical (unpaired) electrons. The minimum absolute atomic E-state index is 0.172. The third kappa shape index (κ3) is 3.40. The molecular formula is C8H10N4O4. The van der Waals surface area contributed by atoms with E-state index in [-0.39, 0.29) is 12.6 Å². The molecule has 0 saturated heterocycles. The molecule has 86 valence electrons. The Morgan fingerprint density at radius 3 is 2.88 bits per heavy atom. The van der Waals surface area contributed by atoms with Crippen LogP contribution in [0.15, 0.2) is 23.5 Å². The lowest BCUT2D eigenvalue weighted by Crippen LogP contribution is -2.37. The van der Waals surface area contributed by atoms with Gasteiger partial charge < -0.3 is 9.84 Å². The van der Waals surface area contributed by atoms with E-state index in [2.05, 4.69) is 20.1 Å². The van der Waals surface area contributed by atoms with Crippen molar-refractivity contribution < 1.29 is 19.4 Å². The van der Waals surface area contributed by atoms with E-state index in [9.17, 15) is 9.59 Å². The van der Waals surface area contributed by atoms with Gasteiger partial charge in [-0.05, 0) is 13.0 Å². The number of carbonyl (C=O) groups is 2. The van der Waals surface area contributed by atoms with Crippen molar-refractivity contribution in [3.05, 3.63) is 18.5 Å². The smallest absolute Gasteiger partial charge is 0.434 e. The second kappa shape index (κ2) is 5.49. The number of aliphatic imine (C=N–C) groups is 1. The molecule has 1 aromatic heterocycles. The Labute approximate surface area is 90.5 Å². The second-order valence-electron chi connectivity index (χ2n) is 2.51. The van der Waals surface area contributed by atoms with Crippen LogP contribution in [0.4, 0.5) is 9.59 Å². The summed E-state index contributed by atoms with van der Waals surface area (Å²) in [6.45, 7) is 1.80. The van der Waals surface area contributed by atoms with Crippen LogP contribution in [-0.4, -0.2) is 39.6 Å². The van der Waals surface area contributed by atoms with Gasteiger partial charge in [-0.15, -0.1) is 4.99 Å². The number of aromatic nitrogens is 2. The number of carboxylic acid groups (broad SMARTS) is 1. The van der Waals surface area contributed by atoms with E-state index < -0.39 is 12.2 Å². The van der Waals surface area contributed by atoms with Crippen LogP contribution < -0.4 is 5.32 Å². The molecule has 0 aliphatic rings. The molecule has 0 spiro atoms. The quantitative estimate of drug-likeness (QED) is 0.536. The first-order valence-electron chi connectivity index (χ1n) is 4.39. The van der Waals surface area contributed by atoms with Crippen LogP contribution >= 0.6 is 0 Å². The summed E-state index contributed by atoms with van der Waals surface area (Å²) in [7, 11) is 0. The van der Waals surface area contributed by atoms with E-state index in [1.54, 1.807) is 13.0 Å². The lowest BCUT2D eigenvalue weighted by molar-refractivity contribution is 0.157. The summed E-state index contributed by atoms with van der Waals surface area (Å²) >= 11 is 0. The first-order valence-corrected chi connectivity index (χ1v) is 4.39. The highest BCUT2D eigenvalue weighted by atomic mass is 16.5. The Morgan fingerprint density at radius 2 is 2.38 bits per heavy atom. The van der Waals surface area contributed by atoms with Gasteiger partial charge >= 0.3 is 12.2 Å². The largest absolute Gasteiger partial charge is 0.463 e. The highest BCUT2D eigenvalue weighted by molar-refractivity contribution is 5.99. The maximum absolute atomic E-state index is 11.1. The van der Waals surface area contributed by atoms with E-state index in [1.165, 1.54) is 12.4 Å². The van der Waals surface area contributed by atoms with Gasteiger partial charge in [0, 0.05) is 12.4 Å². The Balaban J connectivity index is 2.82. The highest BCUT2D eigenvalue weighted by Gasteiger charge is 2.10. The number of nitrogens with zero attached hydrogens (tertiary/aromatic N) is 3. The van der Waals surface area contributed by atoms with Crippen molar-refractivity contribution in [1.29, 1.82) is 0 Å². The number of hydrogen-bond donors (Lipinski definition) is 2. The predicted molar refractivity (Wildman–Crippen MR) is 53.2 cm³/mol. The average Bonchev–Trinajstić information content (AvgIpc) is 2.68. The van der Waals surface area contributed by atoms with Gasteiger partial charge in [0.05, 0.1) is 6.61 Å². The summed E-state index contributed by atoms with van der Waals surface area (Å²) in [6, 6.07) is 1.56. The Kier molecular flexibility index (Phi) is 4.01. The summed E-state index contributed by atoms with van der Waals surface area (Å²) in [4.78, 5) is 24.7. The minimum atomic E-state index is -1.44. The summed E-state index contributed by atoms with van der Waals surface area (Å²) in [5, 5.41) is 14.4. The zero-order valence-electron chi connectivity index (χ0n) is 8.45. The van der Waals surface area contributed by atoms with Crippen molar-refractivity contribution in [1.82, 2.24) is 15.1 Å². The lowest BCUT2D eigenvalue weighted by Gasteiger charge is -2.06. The van der Waals surface area contributed by atoms with Crippen LogP contribution in [0.1, 0.15) is 6.92 Å². The van der Waals surface area contributed by atoms with Gasteiger partial charge in [0.15, 0.2) is 0 Å². The molecule has 16 heavy (non-hydrogen) atoms. The zero-order chi connectivity index (χ0) is 12.0. The van der Waals surface area contributed by atoms with Crippen LogP contribution in [0.3, 0.4) is 0 Å². The molecule has 2 N–H and O–H groups in total. The Hall–Kier alpha value is -2.38. The first kappa shape index (κ1) is 11.7. The van der Waals surface area contributed by atoms with E-state index in [0.717, 1.165) is 4.68 Å². The Bertz CT molecular complexity index is 398. The van der Waals surface area contributed by atoms with Crippen molar-refractivity contribution in [2.75, 3.05) is 6.61 Å². The molecule has 0 aromatic carbocycles. The second-order valence-corrected chi connectivity index (χ2v) is 2.51. The van der Waals surface area contributed by atoms with E-state index in [0.29, 0.717) is 0 Å². The lowest BCUT2D eigenvalue weighted by atomic mass is 10.7. The summed E-state index contributed by atoms with van der Waals surface area (Å²) in [5.74, 6) is -0.240. The summed E-state index contributed by atoms with van der Waals surface area (Å²) in [6.07, 6.45) is 0.623. The van der Waals surface area contributed by atoms with Crippen molar-refractivity contribution in [2.45, 2.75) is 6.92 Å². The molecule has 0 saturated carbocycles. The van der Waals surface area contributed by atoms with Crippen LogP contribution in [-0.2, 0) is 4.74 Å². The average molecular weight is 226 g/mol. The van der Waals surface area contributed by atoms with Gasteiger partial charge in [-0.25, -0.2) is 14.3 Å². The molecule has 0 fully saturated rings. The maximum Gasteiger partial charge on any atom is 0.434 e. The molecule has 2 amide bonds. The summed E-state index contributed by atoms with van der Waals surface area (Å²) in [5.41, 5.74) is 0. The number of ether oxygens (including phenoxy) is 1. The van der Waals surface area contributed by atoms with Crippen LogP contribution in [0.5, 0.6) is 0 Å². The Morgan fingerprint density at radius 1 is 1.62 bits per heavy atom. The number of nitrogens with one attached hydrogen (secondary N) is 1. The predicted octanol–water partition coefficient (Wildman–Crippen LogP) is 0.511. The van der Waals surface area contributed by atoms with Crippen molar-refractivity contribution in [3.63, 3.8) is 0 Å². The number of hydrogen-bond acceptors (Lipinski definition) is 4. The van der Waals surface area contributed by atoms with Crippen molar-refractivity contribution in [2.24, 2.45) is 4.99 Å². The molecule has 8 nitrogen and oxygen atoms in total. The fourth-order valence-electron chi connectivity index (χ4n) is 0.880. The fourth-order valence-corrected chi connectivity index (χ4v) is 0.880. The molecule has 0 unspecified atom stereocenters. The third-order valence-corrected chi connectivity index (χ3v) is 1.41. The van der Waals surface area contributed by atoms with Gasteiger partial charge in [0.2, 0.25) is 5.96 Å². The zero-order valence-corrected chi connectivity index (χ0v) is 8.45. The SMILES string of the molecule is CCOC(=O)NC(=NC(=O)O)n1cccn1. The van der Waals surface area contributed by atoms with Crippen LogP contribution in [0.25, 0.3) is 0 Å². The molecule has 0 atom stereocenters. The van der Waals surface area contributed by atoms with E-state index in [4.69, 9.17) is 5.11 Å². The van der Waals surface area contributed by atoms with E-state index >= 15 is 0 Å². The van der Waals surface area contributed by atoms with Crippen LogP contribution in [0, 0.1) is 0 Å². The standard InChI is InChI=1S/C8H10N4O4/c1-2-16-8(15)11-6(10-7(13)14)12-5-3-4-9-12/h3-5H,2H2,1H3,(H,13,14)(H,10,11,15). The molecule has 0 aliphatic carbocycles. The highest BCUT2D eigenvalue weighted by Crippen LogP contribution is 1.87. The number of rotatable bonds is 1. The van der Waals surface area contributed by atoms with Crippen molar-refractivity contribution >= 4 is 18.1 Å². The minimum Gasteiger partial charge on any atom is -0.463 e. The molecular weight excluding hydrogens is 216 g/mol. The molecule has 0 bridgehead atoms. The van der Waals surface area contributed by atoms with Gasteiger partial charge in [-0.3, -0.25) is 5.32 Å². The van der Waals surface area contributed by atoms with Gasteiger partial charge in [0.25, 0.3) is 0 Å². The topological polar surface area (TPSA) is 106 Å². The third-order valence-electron chi connectivity index (χ3n) is 1.41. The molecule has 1 aromatic rings. The molecule has 1 rings (SSSR count). The van der Waals surface area contributed by atoms with Crippen LogP contribution in [0.2, 0.25) is 0 Å². The van der Waals surface area contributed by atoms with Gasteiger partial charge in [-0.2, -0.15) is 5.10 Å². The summed E-state index contributed by atoms with van der Waals surface area (Å²) < 4.78 is 5.69. The maximum atomic E-state index is 11.1. The van der Waals surface area contributed by atoms with E-state index in [1.807, 2.05) is 0 Å². The van der Waals surface area contributed by atoms with Gasteiger partial charge in [0.1, 0.15) is 0 Å². The van der Waals surface area contributed by atoms with Gasteiger partial charge in [-0.1, -0.05) is 0 Å². The first-order chi connectivity index (χ1) is 7.63. The normalized spacial score (nSPS) is 10.9.